The van der Waals surface area contributed by atoms with Crippen molar-refractivity contribution in [2.45, 2.75) is 39.5 Å². The fraction of sp³-hybridized carbons (Fsp3) is 0.625. The maximum atomic E-state index is 6.08. The van der Waals surface area contributed by atoms with Crippen molar-refractivity contribution in [2.24, 2.45) is 11.7 Å². The van der Waals surface area contributed by atoms with E-state index in [9.17, 15) is 0 Å². The van der Waals surface area contributed by atoms with Crippen molar-refractivity contribution in [3.63, 3.8) is 0 Å². The number of ether oxygens (including phenoxy) is 1. The fourth-order valence-electron chi connectivity index (χ4n) is 2.08. The number of methoxy groups -OCH3 is 1. The first-order valence-corrected chi connectivity index (χ1v) is 7.03. The molecular weight excluding hydrogens is 236 g/mol. The van der Waals surface area contributed by atoms with Gasteiger partial charge in [0, 0.05) is 19.7 Å². The van der Waals surface area contributed by atoms with Crippen LogP contribution in [0.25, 0.3) is 0 Å². The van der Waals surface area contributed by atoms with Crippen LogP contribution in [0.1, 0.15) is 31.4 Å². The molecule has 1 atom stereocenters. The van der Waals surface area contributed by atoms with Gasteiger partial charge in [0.1, 0.15) is 0 Å². The quantitative estimate of drug-likeness (QED) is 0.784. The summed E-state index contributed by atoms with van der Waals surface area (Å²) in [5.41, 5.74) is 8.64. The molecule has 0 saturated carbocycles. The molecule has 1 rings (SSSR count). The van der Waals surface area contributed by atoms with Gasteiger partial charge in [0.25, 0.3) is 0 Å². The lowest BCUT2D eigenvalue weighted by Gasteiger charge is -2.21. The van der Waals surface area contributed by atoms with E-state index in [1.54, 1.807) is 7.11 Å². The number of rotatable bonds is 8. The minimum absolute atomic E-state index is 0.294. The van der Waals surface area contributed by atoms with Gasteiger partial charge in [0.05, 0.1) is 6.61 Å². The molecule has 108 valence electrons. The maximum Gasteiger partial charge on any atom is 0.0713 e. The predicted octanol–water partition coefficient (Wildman–Crippen LogP) is 2.64. The first kappa shape index (κ1) is 16.2. The highest BCUT2D eigenvalue weighted by Gasteiger charge is 2.09. The summed E-state index contributed by atoms with van der Waals surface area (Å²) in [7, 11) is 3.88. The molecule has 0 radical (unpaired) electrons. The van der Waals surface area contributed by atoms with Gasteiger partial charge in [0.15, 0.2) is 0 Å². The minimum atomic E-state index is 0.294. The Hall–Kier alpha value is -0.900. The van der Waals surface area contributed by atoms with E-state index < -0.39 is 0 Å². The molecule has 1 unspecified atom stereocenters. The number of hydrogen-bond donors (Lipinski definition) is 1. The van der Waals surface area contributed by atoms with Crippen LogP contribution in [0, 0.1) is 5.92 Å². The summed E-state index contributed by atoms with van der Waals surface area (Å²) >= 11 is 0. The lowest BCUT2D eigenvalue weighted by molar-refractivity contribution is 0.184. The highest BCUT2D eigenvalue weighted by Crippen LogP contribution is 2.10. The Morgan fingerprint density at radius 2 is 1.95 bits per heavy atom. The number of benzene rings is 1. The molecule has 0 amide bonds. The second kappa shape index (κ2) is 8.31. The van der Waals surface area contributed by atoms with E-state index in [0.29, 0.717) is 18.6 Å². The van der Waals surface area contributed by atoms with Gasteiger partial charge in [0.2, 0.25) is 0 Å². The van der Waals surface area contributed by atoms with Crippen molar-refractivity contribution in [1.82, 2.24) is 4.90 Å². The number of nitrogens with two attached hydrogens (primary N) is 1. The van der Waals surface area contributed by atoms with Gasteiger partial charge in [-0.15, -0.1) is 0 Å². The summed E-state index contributed by atoms with van der Waals surface area (Å²) < 4.78 is 5.16. The lowest BCUT2D eigenvalue weighted by Crippen LogP contribution is -2.31. The van der Waals surface area contributed by atoms with Crippen LogP contribution in [0.3, 0.4) is 0 Å². The van der Waals surface area contributed by atoms with Crippen LogP contribution >= 0.6 is 0 Å². The highest BCUT2D eigenvalue weighted by molar-refractivity contribution is 5.22. The third-order valence-electron chi connectivity index (χ3n) is 3.46. The Balaban J connectivity index is 2.43. The van der Waals surface area contributed by atoms with E-state index in [-0.39, 0.29) is 0 Å². The third kappa shape index (κ3) is 6.19. The summed E-state index contributed by atoms with van der Waals surface area (Å²) in [6.07, 6.45) is 1.05. The molecule has 0 aliphatic carbocycles. The number of hydrogen-bond acceptors (Lipinski definition) is 3. The average Bonchev–Trinajstić information content (AvgIpc) is 2.36. The van der Waals surface area contributed by atoms with Crippen molar-refractivity contribution >= 4 is 0 Å². The fourth-order valence-corrected chi connectivity index (χ4v) is 2.08. The second-order valence-corrected chi connectivity index (χ2v) is 5.69. The lowest BCUT2D eigenvalue weighted by atomic mass is 10.0. The monoisotopic (exact) mass is 264 g/mol. The zero-order chi connectivity index (χ0) is 14.3. The maximum absolute atomic E-state index is 6.08. The van der Waals surface area contributed by atoms with Crippen molar-refractivity contribution in [3.8, 4) is 0 Å². The van der Waals surface area contributed by atoms with Gasteiger partial charge >= 0.3 is 0 Å². The van der Waals surface area contributed by atoms with E-state index in [1.165, 1.54) is 11.1 Å². The van der Waals surface area contributed by atoms with Crippen molar-refractivity contribution in [1.29, 1.82) is 0 Å². The summed E-state index contributed by atoms with van der Waals surface area (Å²) in [4.78, 5) is 2.33. The molecule has 0 saturated heterocycles. The zero-order valence-corrected chi connectivity index (χ0v) is 12.7. The van der Waals surface area contributed by atoms with E-state index in [4.69, 9.17) is 10.5 Å². The summed E-state index contributed by atoms with van der Waals surface area (Å²) in [5.74, 6) is 0.554. The van der Waals surface area contributed by atoms with E-state index >= 15 is 0 Å². The molecule has 0 fully saturated rings. The van der Waals surface area contributed by atoms with Gasteiger partial charge in [-0.2, -0.15) is 0 Å². The van der Waals surface area contributed by atoms with Gasteiger partial charge in [-0.05, 0) is 37.1 Å². The van der Waals surface area contributed by atoms with Crippen LogP contribution in [0.5, 0.6) is 0 Å². The molecule has 3 nitrogen and oxygen atoms in total. The first-order valence-electron chi connectivity index (χ1n) is 7.03. The summed E-state index contributed by atoms with van der Waals surface area (Å²) in [6, 6.07) is 8.86. The van der Waals surface area contributed by atoms with Crippen LogP contribution in [0.2, 0.25) is 0 Å². The molecule has 0 spiro atoms. The van der Waals surface area contributed by atoms with Gasteiger partial charge in [-0.25, -0.2) is 0 Å². The Morgan fingerprint density at radius 1 is 1.26 bits per heavy atom. The van der Waals surface area contributed by atoms with Crippen LogP contribution in [-0.4, -0.2) is 31.6 Å². The van der Waals surface area contributed by atoms with Gasteiger partial charge < -0.3 is 15.4 Å². The van der Waals surface area contributed by atoms with Crippen molar-refractivity contribution in [2.75, 3.05) is 20.7 Å². The van der Waals surface area contributed by atoms with Crippen molar-refractivity contribution in [3.05, 3.63) is 35.4 Å². The largest absolute Gasteiger partial charge is 0.380 e. The number of nitrogens with zero attached hydrogens (tertiary/aromatic N) is 1. The van der Waals surface area contributed by atoms with Crippen LogP contribution in [0.15, 0.2) is 24.3 Å². The second-order valence-electron chi connectivity index (χ2n) is 5.69. The smallest absolute Gasteiger partial charge is 0.0713 e. The normalized spacial score (nSPS) is 13.2. The zero-order valence-electron chi connectivity index (χ0n) is 12.7. The average molecular weight is 264 g/mol. The summed E-state index contributed by atoms with van der Waals surface area (Å²) in [5, 5.41) is 0. The minimum Gasteiger partial charge on any atom is -0.380 e. The Morgan fingerprint density at radius 3 is 2.58 bits per heavy atom. The predicted molar refractivity (Wildman–Crippen MR) is 80.9 cm³/mol. The van der Waals surface area contributed by atoms with Gasteiger partial charge in [-0.1, -0.05) is 38.1 Å². The van der Waals surface area contributed by atoms with Crippen molar-refractivity contribution < 1.29 is 4.74 Å². The van der Waals surface area contributed by atoms with E-state index in [2.05, 4.69) is 50.1 Å². The molecule has 0 aliphatic rings. The molecule has 0 aliphatic heterocycles. The van der Waals surface area contributed by atoms with E-state index in [0.717, 1.165) is 19.5 Å². The topological polar surface area (TPSA) is 38.5 Å². The molecular formula is C16H28N2O. The Bertz CT molecular complexity index is 366. The molecule has 2 N–H and O–H groups in total. The molecule has 3 heteroatoms. The Kier molecular flexibility index (Phi) is 7.06. The van der Waals surface area contributed by atoms with Gasteiger partial charge in [-0.3, -0.25) is 0 Å². The van der Waals surface area contributed by atoms with E-state index in [1.807, 2.05) is 0 Å². The summed E-state index contributed by atoms with van der Waals surface area (Å²) in [6.45, 7) is 7.03. The molecule has 1 aromatic rings. The Labute approximate surface area is 117 Å². The first-order chi connectivity index (χ1) is 9.02. The molecule has 0 heterocycles. The van der Waals surface area contributed by atoms with Crippen LogP contribution < -0.4 is 5.73 Å². The van der Waals surface area contributed by atoms with Crippen LogP contribution in [0.4, 0.5) is 0 Å². The molecule has 1 aromatic carbocycles. The van der Waals surface area contributed by atoms with Crippen LogP contribution in [-0.2, 0) is 17.9 Å². The SMILES string of the molecule is COCc1cccc(CN(C)CCC(N)C(C)C)c1. The standard InChI is InChI=1S/C16H28N2O/c1-13(2)16(17)8-9-18(3)11-14-6-5-7-15(10-14)12-19-4/h5-7,10,13,16H,8-9,11-12,17H2,1-4H3. The molecule has 0 bridgehead atoms. The molecule has 19 heavy (non-hydrogen) atoms. The molecule has 0 aromatic heterocycles. The third-order valence-corrected chi connectivity index (χ3v) is 3.46. The highest BCUT2D eigenvalue weighted by atomic mass is 16.5.